The van der Waals surface area contributed by atoms with E-state index in [1.165, 1.54) is 6.08 Å². The van der Waals surface area contributed by atoms with Gasteiger partial charge in [0.2, 0.25) is 5.91 Å². The molecule has 0 bridgehead atoms. The normalized spacial score (nSPS) is 19.0. The van der Waals surface area contributed by atoms with E-state index in [1.54, 1.807) is 43.4 Å². The first kappa shape index (κ1) is 20.3. The van der Waals surface area contributed by atoms with E-state index in [4.69, 9.17) is 9.47 Å². The van der Waals surface area contributed by atoms with Gasteiger partial charge >= 0.3 is 0 Å². The lowest BCUT2D eigenvalue weighted by Crippen LogP contribution is -2.42. The molecule has 1 aliphatic rings. The van der Waals surface area contributed by atoms with Crippen molar-refractivity contribution >= 4 is 21.8 Å². The highest BCUT2D eigenvalue weighted by molar-refractivity contribution is 7.91. The van der Waals surface area contributed by atoms with Crippen LogP contribution in [-0.2, 0) is 14.6 Å². The summed E-state index contributed by atoms with van der Waals surface area (Å²) in [6.45, 7) is 4.55. The SMILES string of the molecule is COc1ccc(OC)c(C=CC(=O)N(CC(C)C)C2CCS(=O)(=O)C2)c1. The van der Waals surface area contributed by atoms with Crippen LogP contribution in [0.5, 0.6) is 11.5 Å². The molecule has 0 aromatic heterocycles. The van der Waals surface area contributed by atoms with Gasteiger partial charge in [-0.25, -0.2) is 8.42 Å². The molecule has 1 aromatic rings. The van der Waals surface area contributed by atoms with Crippen molar-refractivity contribution in [2.75, 3.05) is 32.3 Å². The number of carbonyl (C=O) groups is 1. The summed E-state index contributed by atoms with van der Waals surface area (Å²) in [4.78, 5) is 14.5. The van der Waals surface area contributed by atoms with Crippen LogP contribution in [0.2, 0.25) is 0 Å². The molecule has 1 saturated heterocycles. The van der Waals surface area contributed by atoms with Gasteiger partial charge in [0, 0.05) is 24.2 Å². The maximum absolute atomic E-state index is 12.8. The molecule has 0 aliphatic carbocycles. The third-order valence-electron chi connectivity index (χ3n) is 4.34. The third kappa shape index (κ3) is 5.24. The summed E-state index contributed by atoms with van der Waals surface area (Å²) < 4.78 is 34.1. The highest BCUT2D eigenvalue weighted by atomic mass is 32.2. The molecule has 1 aromatic carbocycles. The van der Waals surface area contributed by atoms with Gasteiger partial charge in [0.05, 0.1) is 25.7 Å². The molecule has 1 fully saturated rings. The second-order valence-corrected chi connectivity index (χ2v) is 9.11. The second-order valence-electron chi connectivity index (χ2n) is 6.88. The lowest BCUT2D eigenvalue weighted by atomic mass is 10.1. The van der Waals surface area contributed by atoms with Crippen LogP contribution in [0.3, 0.4) is 0 Å². The number of methoxy groups -OCH3 is 2. The fraction of sp³-hybridized carbons (Fsp3) is 0.526. The molecule has 0 saturated carbocycles. The summed E-state index contributed by atoms with van der Waals surface area (Å²) in [7, 11) is 0.0886. The Hall–Kier alpha value is -2.02. The van der Waals surface area contributed by atoms with E-state index in [0.29, 0.717) is 24.5 Å². The van der Waals surface area contributed by atoms with Crippen LogP contribution in [0.1, 0.15) is 25.8 Å². The molecule has 7 heteroatoms. The largest absolute Gasteiger partial charge is 0.497 e. The standard InChI is InChI=1S/C19H27NO5S/c1-14(2)12-20(16-9-10-26(22,23)13-16)19(21)8-5-15-11-17(24-3)6-7-18(15)25-4/h5-8,11,14,16H,9-10,12-13H2,1-4H3. The number of hydrogen-bond donors (Lipinski definition) is 0. The molecule has 26 heavy (non-hydrogen) atoms. The third-order valence-corrected chi connectivity index (χ3v) is 6.09. The zero-order chi connectivity index (χ0) is 19.3. The summed E-state index contributed by atoms with van der Waals surface area (Å²) in [6.07, 6.45) is 3.65. The fourth-order valence-electron chi connectivity index (χ4n) is 3.06. The average Bonchev–Trinajstić information content (AvgIpc) is 2.96. The Balaban J connectivity index is 2.22. The van der Waals surface area contributed by atoms with E-state index in [2.05, 4.69) is 0 Å². The van der Waals surface area contributed by atoms with Crippen LogP contribution in [-0.4, -0.2) is 57.5 Å². The molecular formula is C19H27NO5S. The van der Waals surface area contributed by atoms with E-state index in [9.17, 15) is 13.2 Å². The highest BCUT2D eigenvalue weighted by Gasteiger charge is 2.34. The second kappa shape index (κ2) is 8.58. The van der Waals surface area contributed by atoms with Crippen molar-refractivity contribution < 1.29 is 22.7 Å². The first-order chi connectivity index (χ1) is 12.3. The molecule has 1 amide bonds. The lowest BCUT2D eigenvalue weighted by molar-refractivity contribution is -0.128. The molecule has 1 aliphatic heterocycles. The number of ether oxygens (including phenoxy) is 2. The van der Waals surface area contributed by atoms with E-state index in [-0.39, 0.29) is 29.4 Å². The zero-order valence-corrected chi connectivity index (χ0v) is 16.6. The first-order valence-corrected chi connectivity index (χ1v) is 10.5. The number of nitrogens with zero attached hydrogens (tertiary/aromatic N) is 1. The van der Waals surface area contributed by atoms with Gasteiger partial charge in [-0.05, 0) is 36.6 Å². The zero-order valence-electron chi connectivity index (χ0n) is 15.8. The molecule has 0 N–H and O–H groups in total. The predicted octanol–water partition coefficient (Wildman–Crippen LogP) is 2.39. The smallest absolute Gasteiger partial charge is 0.246 e. The van der Waals surface area contributed by atoms with Gasteiger partial charge < -0.3 is 14.4 Å². The molecule has 6 nitrogen and oxygen atoms in total. The van der Waals surface area contributed by atoms with Crippen LogP contribution in [0.15, 0.2) is 24.3 Å². The Bertz CT molecular complexity index is 770. The number of carbonyl (C=O) groups excluding carboxylic acids is 1. The van der Waals surface area contributed by atoms with Crippen LogP contribution in [0.4, 0.5) is 0 Å². The van der Waals surface area contributed by atoms with E-state index in [1.807, 2.05) is 13.8 Å². The maximum atomic E-state index is 12.8. The Morgan fingerprint density at radius 3 is 2.58 bits per heavy atom. The first-order valence-electron chi connectivity index (χ1n) is 8.67. The fourth-order valence-corrected chi connectivity index (χ4v) is 4.79. The molecule has 144 valence electrons. The molecule has 1 atom stereocenters. The summed E-state index contributed by atoms with van der Waals surface area (Å²) >= 11 is 0. The van der Waals surface area contributed by atoms with E-state index >= 15 is 0 Å². The number of hydrogen-bond acceptors (Lipinski definition) is 5. The van der Waals surface area contributed by atoms with Crippen molar-refractivity contribution in [1.29, 1.82) is 0 Å². The number of rotatable bonds is 7. The minimum atomic E-state index is -3.05. The predicted molar refractivity (Wildman–Crippen MR) is 102 cm³/mol. The van der Waals surface area contributed by atoms with E-state index in [0.717, 1.165) is 5.56 Å². The lowest BCUT2D eigenvalue weighted by Gasteiger charge is -2.29. The molecule has 1 unspecified atom stereocenters. The van der Waals surface area contributed by atoms with Crippen LogP contribution in [0.25, 0.3) is 6.08 Å². The van der Waals surface area contributed by atoms with Gasteiger partial charge in [0.15, 0.2) is 9.84 Å². The van der Waals surface area contributed by atoms with Crippen molar-refractivity contribution in [3.8, 4) is 11.5 Å². The quantitative estimate of drug-likeness (QED) is 0.678. The average molecular weight is 381 g/mol. The summed E-state index contributed by atoms with van der Waals surface area (Å²) in [5, 5.41) is 0. The summed E-state index contributed by atoms with van der Waals surface area (Å²) in [5.41, 5.74) is 0.726. The Kier molecular flexibility index (Phi) is 6.69. The molecular weight excluding hydrogens is 354 g/mol. The van der Waals surface area contributed by atoms with Gasteiger partial charge in [-0.2, -0.15) is 0 Å². The van der Waals surface area contributed by atoms with Crippen LogP contribution in [0, 0.1) is 5.92 Å². The maximum Gasteiger partial charge on any atom is 0.246 e. The number of benzene rings is 1. The molecule has 0 radical (unpaired) electrons. The van der Waals surface area contributed by atoms with Gasteiger partial charge in [-0.3, -0.25) is 4.79 Å². The van der Waals surface area contributed by atoms with Crippen molar-refractivity contribution in [3.05, 3.63) is 29.8 Å². The van der Waals surface area contributed by atoms with E-state index < -0.39 is 9.84 Å². The Morgan fingerprint density at radius 1 is 1.31 bits per heavy atom. The van der Waals surface area contributed by atoms with Crippen molar-refractivity contribution in [2.45, 2.75) is 26.3 Å². The highest BCUT2D eigenvalue weighted by Crippen LogP contribution is 2.25. The molecule has 0 spiro atoms. The molecule has 2 rings (SSSR count). The van der Waals surface area contributed by atoms with Gasteiger partial charge in [-0.15, -0.1) is 0 Å². The van der Waals surface area contributed by atoms with Gasteiger partial charge in [0.1, 0.15) is 11.5 Å². The van der Waals surface area contributed by atoms with Crippen molar-refractivity contribution in [3.63, 3.8) is 0 Å². The molecule has 1 heterocycles. The Morgan fingerprint density at radius 2 is 2.04 bits per heavy atom. The Labute approximate surface area is 155 Å². The van der Waals surface area contributed by atoms with Crippen LogP contribution >= 0.6 is 0 Å². The van der Waals surface area contributed by atoms with Gasteiger partial charge in [-0.1, -0.05) is 13.8 Å². The topological polar surface area (TPSA) is 72.9 Å². The van der Waals surface area contributed by atoms with Gasteiger partial charge in [0.25, 0.3) is 0 Å². The number of sulfone groups is 1. The van der Waals surface area contributed by atoms with Crippen molar-refractivity contribution in [1.82, 2.24) is 4.90 Å². The van der Waals surface area contributed by atoms with Crippen LogP contribution < -0.4 is 9.47 Å². The summed E-state index contributed by atoms with van der Waals surface area (Å²) in [6, 6.07) is 5.09. The number of amides is 1. The van der Waals surface area contributed by atoms with Crippen molar-refractivity contribution in [2.24, 2.45) is 5.92 Å². The monoisotopic (exact) mass is 381 g/mol. The summed E-state index contributed by atoms with van der Waals surface area (Å²) in [5.74, 6) is 1.55. The minimum absolute atomic E-state index is 0.0434. The minimum Gasteiger partial charge on any atom is -0.497 e.